The number of hydrogen-bond acceptors (Lipinski definition) is 6. The number of nitro benzene ring substituents is 1. The maximum absolute atomic E-state index is 12.4. The molecule has 1 aliphatic rings. The molecule has 5 rings (SSSR count). The fraction of sp³-hybridized carbons (Fsp3) is 0.0690. The lowest BCUT2D eigenvalue weighted by molar-refractivity contribution is -0.385. The van der Waals surface area contributed by atoms with Gasteiger partial charge in [-0.15, -0.1) is 0 Å². The second-order valence-corrected chi connectivity index (χ2v) is 9.51. The molecule has 0 aliphatic carbocycles. The number of hydrogen-bond donors (Lipinski definition) is 1. The number of nitro groups is 1. The second kappa shape index (κ2) is 11.2. The third kappa shape index (κ3) is 5.52. The minimum Gasteiger partial charge on any atom is -0.267 e. The molecule has 1 heterocycles. The summed E-state index contributed by atoms with van der Waals surface area (Å²) in [6.45, 7) is 0. The van der Waals surface area contributed by atoms with E-state index in [0.717, 1.165) is 39.0 Å². The van der Waals surface area contributed by atoms with E-state index in [1.807, 2.05) is 59.6 Å². The number of rotatable bonds is 7. The van der Waals surface area contributed by atoms with Gasteiger partial charge in [-0.05, 0) is 47.0 Å². The van der Waals surface area contributed by atoms with Crippen molar-refractivity contribution < 1.29 is 9.72 Å². The molecule has 4 aromatic carbocycles. The Kier molecular flexibility index (Phi) is 7.37. The van der Waals surface area contributed by atoms with E-state index in [4.69, 9.17) is 5.10 Å². The van der Waals surface area contributed by atoms with Gasteiger partial charge in [0.25, 0.3) is 11.6 Å². The van der Waals surface area contributed by atoms with Gasteiger partial charge in [0.2, 0.25) is 0 Å². The van der Waals surface area contributed by atoms with Crippen LogP contribution < -0.4 is 10.4 Å². The molecule has 0 radical (unpaired) electrons. The molecule has 0 spiro atoms. The fourth-order valence-electron chi connectivity index (χ4n) is 4.26. The van der Waals surface area contributed by atoms with Gasteiger partial charge in [-0.2, -0.15) is 10.2 Å². The Morgan fingerprint density at radius 2 is 1.66 bits per heavy atom. The average molecular weight is 568 g/mol. The number of nitrogens with zero attached hydrogens (tertiary/aromatic N) is 4. The van der Waals surface area contributed by atoms with Gasteiger partial charge in [-0.1, -0.05) is 82.7 Å². The minimum atomic E-state index is -0.651. The minimum absolute atomic E-state index is 0.0405. The standard InChI is InChI=1S/C29H22BrN5O3/c30-23-14-12-22(13-15-23)28-18-26(21-6-2-1-3-7-21)33-34(28)24-16-10-20(11-17-24)19-31-32-29(36)25-8-4-5-9-27(25)35(37)38/h1-17,19,28H,18H2,(H,32,36). The number of amides is 1. The van der Waals surface area contributed by atoms with E-state index in [-0.39, 0.29) is 17.3 Å². The number of carbonyl (C=O) groups is 1. The Balaban J connectivity index is 1.34. The summed E-state index contributed by atoms with van der Waals surface area (Å²) in [5.74, 6) is -0.651. The molecule has 4 aromatic rings. The predicted octanol–water partition coefficient (Wildman–Crippen LogP) is 6.48. The van der Waals surface area contributed by atoms with E-state index in [9.17, 15) is 14.9 Å². The Labute approximate surface area is 227 Å². The summed E-state index contributed by atoms with van der Waals surface area (Å²) in [5, 5.41) is 22.1. The zero-order chi connectivity index (χ0) is 26.5. The first-order chi connectivity index (χ1) is 18.5. The molecule has 0 saturated heterocycles. The van der Waals surface area contributed by atoms with E-state index >= 15 is 0 Å². The van der Waals surface area contributed by atoms with Crippen LogP contribution in [0.5, 0.6) is 0 Å². The van der Waals surface area contributed by atoms with Crippen molar-refractivity contribution in [2.24, 2.45) is 10.2 Å². The van der Waals surface area contributed by atoms with Gasteiger partial charge in [-0.25, -0.2) is 5.43 Å². The van der Waals surface area contributed by atoms with E-state index in [0.29, 0.717) is 0 Å². The van der Waals surface area contributed by atoms with Crippen molar-refractivity contribution >= 4 is 45.1 Å². The van der Waals surface area contributed by atoms with Crippen molar-refractivity contribution in [1.29, 1.82) is 0 Å². The van der Waals surface area contributed by atoms with Crippen LogP contribution in [0.1, 0.15) is 39.5 Å². The molecular weight excluding hydrogens is 546 g/mol. The molecule has 0 bridgehead atoms. The van der Waals surface area contributed by atoms with Crippen LogP contribution in [0.4, 0.5) is 11.4 Å². The summed E-state index contributed by atoms with van der Waals surface area (Å²) in [4.78, 5) is 22.9. The third-order valence-corrected chi connectivity index (χ3v) is 6.68. The number of halogens is 1. The highest BCUT2D eigenvalue weighted by Gasteiger charge is 2.29. The molecule has 0 saturated carbocycles. The van der Waals surface area contributed by atoms with Gasteiger partial charge < -0.3 is 0 Å². The summed E-state index contributed by atoms with van der Waals surface area (Å²) >= 11 is 3.51. The Hall–Kier alpha value is -4.63. The van der Waals surface area contributed by atoms with Crippen LogP contribution in [0.15, 0.2) is 118 Å². The Morgan fingerprint density at radius 3 is 2.37 bits per heavy atom. The fourth-order valence-corrected chi connectivity index (χ4v) is 4.53. The van der Waals surface area contributed by atoms with Gasteiger partial charge in [0.15, 0.2) is 0 Å². The van der Waals surface area contributed by atoms with E-state index in [1.165, 1.54) is 24.4 Å². The topological polar surface area (TPSA) is 100 Å². The monoisotopic (exact) mass is 567 g/mol. The quantitative estimate of drug-likeness (QED) is 0.157. The average Bonchev–Trinajstić information content (AvgIpc) is 3.40. The van der Waals surface area contributed by atoms with Crippen molar-refractivity contribution in [2.45, 2.75) is 12.5 Å². The highest BCUT2D eigenvalue weighted by molar-refractivity contribution is 9.10. The first-order valence-corrected chi connectivity index (χ1v) is 12.6. The van der Waals surface area contributed by atoms with Gasteiger partial charge in [0.1, 0.15) is 5.56 Å². The molecule has 38 heavy (non-hydrogen) atoms. The summed E-state index contributed by atoms with van der Waals surface area (Å²) in [6.07, 6.45) is 2.26. The summed E-state index contributed by atoms with van der Waals surface area (Å²) in [6, 6.07) is 31.9. The molecule has 0 aromatic heterocycles. The van der Waals surface area contributed by atoms with Crippen LogP contribution in [0, 0.1) is 10.1 Å². The lowest BCUT2D eigenvalue weighted by Crippen LogP contribution is -2.19. The number of anilines is 1. The summed E-state index contributed by atoms with van der Waals surface area (Å²) in [7, 11) is 0. The Bertz CT molecular complexity index is 1520. The van der Waals surface area contributed by atoms with E-state index < -0.39 is 10.8 Å². The van der Waals surface area contributed by atoms with E-state index in [2.05, 4.69) is 50.7 Å². The lowest BCUT2D eigenvalue weighted by Gasteiger charge is -2.24. The maximum atomic E-state index is 12.4. The molecule has 188 valence electrons. The van der Waals surface area contributed by atoms with Crippen LogP contribution in [0.3, 0.4) is 0 Å². The highest BCUT2D eigenvalue weighted by atomic mass is 79.9. The van der Waals surface area contributed by atoms with Crippen LogP contribution in [-0.4, -0.2) is 22.8 Å². The highest BCUT2D eigenvalue weighted by Crippen LogP contribution is 2.37. The Morgan fingerprint density at radius 1 is 0.974 bits per heavy atom. The van der Waals surface area contributed by atoms with Crippen molar-refractivity contribution in [3.63, 3.8) is 0 Å². The molecule has 8 nitrogen and oxygen atoms in total. The molecule has 1 amide bonds. The normalized spacial score (nSPS) is 14.9. The molecule has 1 N–H and O–H groups in total. The van der Waals surface area contributed by atoms with E-state index in [1.54, 1.807) is 6.07 Å². The van der Waals surface area contributed by atoms with Crippen LogP contribution >= 0.6 is 15.9 Å². The summed E-state index contributed by atoms with van der Waals surface area (Å²) in [5.41, 5.74) is 6.98. The molecule has 0 fully saturated rings. The molecule has 1 unspecified atom stereocenters. The van der Waals surface area contributed by atoms with Crippen molar-refractivity contribution in [2.75, 3.05) is 5.01 Å². The number of benzene rings is 4. The van der Waals surface area contributed by atoms with Crippen LogP contribution in [0.2, 0.25) is 0 Å². The largest absolute Gasteiger partial charge is 0.282 e. The molecule has 1 aliphatic heterocycles. The van der Waals surface area contributed by atoms with Crippen LogP contribution in [-0.2, 0) is 0 Å². The zero-order valence-corrected chi connectivity index (χ0v) is 21.7. The number of nitrogens with one attached hydrogen (secondary N) is 1. The van der Waals surface area contributed by atoms with Crippen molar-refractivity contribution in [1.82, 2.24) is 5.43 Å². The van der Waals surface area contributed by atoms with Crippen molar-refractivity contribution in [3.8, 4) is 0 Å². The number of para-hydroxylation sites is 1. The number of hydrazone groups is 2. The van der Waals surface area contributed by atoms with Gasteiger partial charge in [0.05, 0.1) is 28.6 Å². The van der Waals surface area contributed by atoms with Gasteiger partial charge in [0, 0.05) is 17.0 Å². The molecule has 1 atom stereocenters. The third-order valence-electron chi connectivity index (χ3n) is 6.15. The SMILES string of the molecule is O=C(NN=Cc1ccc(N2N=C(c3ccccc3)CC2c2ccc(Br)cc2)cc1)c1ccccc1[N+](=O)[O-]. The van der Waals surface area contributed by atoms with Gasteiger partial charge >= 0.3 is 0 Å². The molecule has 9 heteroatoms. The van der Waals surface area contributed by atoms with Gasteiger partial charge in [-0.3, -0.25) is 19.9 Å². The number of carbonyl (C=O) groups excluding carboxylic acids is 1. The molecular formula is C29H22BrN5O3. The predicted molar refractivity (Wildman–Crippen MR) is 152 cm³/mol. The smallest absolute Gasteiger partial charge is 0.267 e. The maximum Gasteiger partial charge on any atom is 0.282 e. The first kappa shape index (κ1) is 25.0. The zero-order valence-electron chi connectivity index (χ0n) is 20.1. The first-order valence-electron chi connectivity index (χ1n) is 11.8. The summed E-state index contributed by atoms with van der Waals surface area (Å²) < 4.78 is 1.02. The lowest BCUT2D eigenvalue weighted by atomic mass is 9.98. The van der Waals surface area contributed by atoms with Crippen LogP contribution in [0.25, 0.3) is 0 Å². The van der Waals surface area contributed by atoms with Crippen molar-refractivity contribution in [3.05, 3.63) is 140 Å². The second-order valence-electron chi connectivity index (χ2n) is 8.59.